The lowest BCUT2D eigenvalue weighted by Gasteiger charge is -2.18. The van der Waals surface area contributed by atoms with Crippen LogP contribution in [0.3, 0.4) is 0 Å². The molecule has 6 nitrogen and oxygen atoms in total. The van der Waals surface area contributed by atoms with Crippen molar-refractivity contribution in [3.63, 3.8) is 0 Å². The van der Waals surface area contributed by atoms with Gasteiger partial charge in [0.15, 0.2) is 6.10 Å². The summed E-state index contributed by atoms with van der Waals surface area (Å²) in [6, 6.07) is 0. The average Bonchev–Trinajstić information content (AvgIpc) is 3.48. The predicted molar refractivity (Wildman–Crippen MR) is 358 cm³/mol. The first-order chi connectivity index (χ1) is 40.5. The maximum Gasteiger partial charge on any atom is 0.306 e. The normalized spacial score (nSPS) is 12.5. The monoisotopic (exact) mass is 1150 g/mol. The third-order valence-electron chi connectivity index (χ3n) is 15.9. The van der Waals surface area contributed by atoms with Crippen molar-refractivity contribution in [2.45, 2.75) is 380 Å². The highest BCUT2D eigenvalue weighted by Gasteiger charge is 2.19. The van der Waals surface area contributed by atoms with Gasteiger partial charge in [-0.15, -0.1) is 0 Å². The number of rotatable bonds is 66. The molecule has 0 aliphatic heterocycles. The molecule has 0 rings (SSSR count). The predicted octanol–water partition coefficient (Wildman–Crippen LogP) is 24.8. The maximum absolute atomic E-state index is 12.9. The molecular weight excluding hydrogens is 1010 g/mol. The van der Waals surface area contributed by atoms with E-state index in [0.29, 0.717) is 19.3 Å². The molecule has 6 heteroatoms. The van der Waals surface area contributed by atoms with Crippen molar-refractivity contribution in [1.82, 2.24) is 0 Å². The Kier molecular flexibility index (Phi) is 67.6. The lowest BCUT2D eigenvalue weighted by molar-refractivity contribution is -0.167. The van der Waals surface area contributed by atoms with Crippen molar-refractivity contribution in [3.8, 4) is 0 Å². The summed E-state index contributed by atoms with van der Waals surface area (Å²) in [4.78, 5) is 38.3. The second-order valence-electron chi connectivity index (χ2n) is 24.1. The number of unbranched alkanes of at least 4 members (excludes halogenated alkanes) is 43. The van der Waals surface area contributed by atoms with Crippen LogP contribution in [-0.4, -0.2) is 37.2 Å². The van der Waals surface area contributed by atoms with E-state index in [1.807, 2.05) is 0 Å². The van der Waals surface area contributed by atoms with E-state index in [-0.39, 0.29) is 31.1 Å². The second kappa shape index (κ2) is 70.3. The number of allylic oxidation sites excluding steroid dienone is 12. The fraction of sp³-hybridized carbons (Fsp3) is 0.803. The van der Waals surface area contributed by atoms with E-state index in [9.17, 15) is 14.4 Å². The standard InChI is InChI=1S/C76H136O6/c1-4-7-10-13-16-19-21-23-25-27-29-31-33-35-37-38-40-41-43-45-47-49-51-53-55-57-60-63-66-69-75(78)81-72-73(71-80-74(77)68-65-62-59-18-15-12-9-6-3)82-76(79)70-67-64-61-58-56-54-52-50-48-46-44-42-39-36-34-32-30-28-26-24-22-20-17-14-11-8-5-2/h8,11,17,20,24,26-27,29-30,32,36,39,73H,4-7,9-10,12-16,18-19,21-23,25,28,31,33-35,37-38,40-72H2,1-3H3/b11-8-,20-17-,26-24-,29-27-,32-30-,39-36-. The van der Waals surface area contributed by atoms with E-state index >= 15 is 0 Å². The van der Waals surface area contributed by atoms with Crippen molar-refractivity contribution in [2.75, 3.05) is 13.2 Å². The van der Waals surface area contributed by atoms with Crippen LogP contribution in [0, 0.1) is 0 Å². The van der Waals surface area contributed by atoms with Gasteiger partial charge in [0.25, 0.3) is 0 Å². The van der Waals surface area contributed by atoms with Gasteiger partial charge in [-0.3, -0.25) is 14.4 Å². The molecule has 0 aromatic carbocycles. The van der Waals surface area contributed by atoms with Crippen LogP contribution >= 0.6 is 0 Å². The molecule has 0 aliphatic rings. The van der Waals surface area contributed by atoms with E-state index in [0.717, 1.165) is 89.9 Å². The van der Waals surface area contributed by atoms with Gasteiger partial charge in [-0.25, -0.2) is 0 Å². The summed E-state index contributed by atoms with van der Waals surface area (Å²) in [7, 11) is 0. The zero-order valence-corrected chi connectivity index (χ0v) is 54.8. The minimum absolute atomic E-state index is 0.0718. The molecule has 0 N–H and O–H groups in total. The highest BCUT2D eigenvalue weighted by Crippen LogP contribution is 2.18. The lowest BCUT2D eigenvalue weighted by Crippen LogP contribution is -2.30. The SMILES string of the molecule is CC/C=C\C/C=C\C/C=C\C/C=C\C/C=C\CCCCCCCCCCCCCC(=O)OC(COC(=O)CCCCCCCCCC)COC(=O)CCCCCCCCCCCCCCCCCCC/C=C\CCCCCCCCCC. The molecule has 1 atom stereocenters. The molecule has 0 saturated carbocycles. The minimum Gasteiger partial charge on any atom is -0.462 e. The molecule has 0 aromatic heterocycles. The van der Waals surface area contributed by atoms with E-state index in [4.69, 9.17) is 14.2 Å². The van der Waals surface area contributed by atoms with Crippen molar-refractivity contribution in [1.29, 1.82) is 0 Å². The molecule has 0 aromatic rings. The van der Waals surface area contributed by atoms with Gasteiger partial charge in [0.05, 0.1) is 0 Å². The number of hydrogen-bond acceptors (Lipinski definition) is 6. The number of hydrogen-bond donors (Lipinski definition) is 0. The van der Waals surface area contributed by atoms with Gasteiger partial charge in [0.1, 0.15) is 13.2 Å². The quantitative estimate of drug-likeness (QED) is 0.0261. The van der Waals surface area contributed by atoms with Crippen LogP contribution in [0.1, 0.15) is 374 Å². The highest BCUT2D eigenvalue weighted by molar-refractivity contribution is 5.71. The summed E-state index contributed by atoms with van der Waals surface area (Å²) in [6.45, 7) is 6.55. The van der Waals surface area contributed by atoms with Crippen molar-refractivity contribution < 1.29 is 28.6 Å². The number of ether oxygens (including phenoxy) is 3. The molecule has 0 amide bonds. The van der Waals surface area contributed by atoms with Gasteiger partial charge in [-0.1, -0.05) is 338 Å². The Morgan fingerprint density at radius 1 is 0.256 bits per heavy atom. The number of carbonyl (C=O) groups excluding carboxylic acids is 3. The highest BCUT2D eigenvalue weighted by atomic mass is 16.6. The fourth-order valence-electron chi connectivity index (χ4n) is 10.6. The molecular formula is C76H136O6. The summed E-state index contributed by atoms with van der Waals surface area (Å²) >= 11 is 0. The second-order valence-corrected chi connectivity index (χ2v) is 24.1. The largest absolute Gasteiger partial charge is 0.462 e. The van der Waals surface area contributed by atoms with Gasteiger partial charge < -0.3 is 14.2 Å². The Labute approximate surface area is 510 Å². The van der Waals surface area contributed by atoms with Gasteiger partial charge in [-0.05, 0) is 89.9 Å². The first kappa shape index (κ1) is 78.8. The lowest BCUT2D eigenvalue weighted by atomic mass is 10.0. The Morgan fingerprint density at radius 3 is 0.756 bits per heavy atom. The first-order valence-corrected chi connectivity index (χ1v) is 35.9. The van der Waals surface area contributed by atoms with Gasteiger partial charge in [0.2, 0.25) is 0 Å². The first-order valence-electron chi connectivity index (χ1n) is 35.9. The summed E-state index contributed by atoms with van der Waals surface area (Å²) in [5.41, 5.74) is 0. The van der Waals surface area contributed by atoms with Crippen LogP contribution < -0.4 is 0 Å². The Hall–Kier alpha value is -3.15. The molecule has 0 heterocycles. The Balaban J connectivity index is 4.08. The minimum atomic E-state index is -0.774. The fourth-order valence-corrected chi connectivity index (χ4v) is 10.6. The van der Waals surface area contributed by atoms with Crippen LogP contribution in [0.15, 0.2) is 72.9 Å². The van der Waals surface area contributed by atoms with Crippen LogP contribution in [0.4, 0.5) is 0 Å². The summed E-state index contributed by atoms with van der Waals surface area (Å²) in [6.07, 6.45) is 92.5. The number of esters is 3. The average molecular weight is 1150 g/mol. The van der Waals surface area contributed by atoms with E-state index in [2.05, 4.69) is 93.7 Å². The topological polar surface area (TPSA) is 78.9 Å². The molecule has 0 aliphatic carbocycles. The van der Waals surface area contributed by atoms with Gasteiger partial charge in [-0.2, -0.15) is 0 Å². The molecule has 0 bridgehead atoms. The molecule has 0 saturated heterocycles. The number of carbonyl (C=O) groups is 3. The molecule has 82 heavy (non-hydrogen) atoms. The summed E-state index contributed by atoms with van der Waals surface area (Å²) < 4.78 is 16.9. The van der Waals surface area contributed by atoms with E-state index < -0.39 is 6.10 Å². The van der Waals surface area contributed by atoms with Crippen LogP contribution in [0.5, 0.6) is 0 Å². The van der Waals surface area contributed by atoms with Crippen LogP contribution in [0.25, 0.3) is 0 Å². The molecule has 0 fully saturated rings. The van der Waals surface area contributed by atoms with E-state index in [1.165, 1.54) is 244 Å². The third kappa shape index (κ3) is 67.6. The molecule has 0 radical (unpaired) electrons. The smallest absolute Gasteiger partial charge is 0.306 e. The van der Waals surface area contributed by atoms with Gasteiger partial charge in [0, 0.05) is 19.3 Å². The summed E-state index contributed by atoms with van der Waals surface area (Å²) in [5.74, 6) is -0.859. The molecule has 0 spiro atoms. The van der Waals surface area contributed by atoms with Crippen LogP contribution in [0.2, 0.25) is 0 Å². The van der Waals surface area contributed by atoms with Crippen molar-refractivity contribution in [3.05, 3.63) is 72.9 Å². The maximum atomic E-state index is 12.9. The molecule has 476 valence electrons. The van der Waals surface area contributed by atoms with Gasteiger partial charge >= 0.3 is 17.9 Å². The zero-order valence-electron chi connectivity index (χ0n) is 54.8. The summed E-state index contributed by atoms with van der Waals surface area (Å²) in [5, 5.41) is 0. The Bertz CT molecular complexity index is 1500. The van der Waals surface area contributed by atoms with Crippen LogP contribution in [-0.2, 0) is 28.6 Å². The van der Waals surface area contributed by atoms with E-state index in [1.54, 1.807) is 0 Å². The third-order valence-corrected chi connectivity index (χ3v) is 15.9. The van der Waals surface area contributed by atoms with Crippen molar-refractivity contribution >= 4 is 17.9 Å². The zero-order chi connectivity index (χ0) is 59.2. The molecule has 1 unspecified atom stereocenters. The Morgan fingerprint density at radius 2 is 0.476 bits per heavy atom. The van der Waals surface area contributed by atoms with Crippen molar-refractivity contribution in [2.24, 2.45) is 0 Å².